The van der Waals surface area contributed by atoms with Crippen molar-refractivity contribution >= 4 is 35.2 Å². The maximum absolute atomic E-state index is 12.5. The Morgan fingerprint density at radius 1 is 1.13 bits per heavy atom. The Balaban J connectivity index is 2.89. The van der Waals surface area contributed by atoms with Gasteiger partial charge >= 0.3 is 6.09 Å². The summed E-state index contributed by atoms with van der Waals surface area (Å²) in [5.74, 6) is -0.388. The highest BCUT2D eigenvalue weighted by Gasteiger charge is 2.43. The molecular formula is C16H22Cl2N2O3. The van der Waals surface area contributed by atoms with Gasteiger partial charge in [0.15, 0.2) is 0 Å². The van der Waals surface area contributed by atoms with Gasteiger partial charge in [-0.3, -0.25) is 9.69 Å². The zero-order valence-corrected chi connectivity index (χ0v) is 15.4. The van der Waals surface area contributed by atoms with Crippen LogP contribution in [0.25, 0.3) is 0 Å². The number of carbonyl (C=O) groups excluding carboxylic acids is 1. The SMILES string of the molecule is CC(C)(C)N(C(=O)O)C(C)(C)C(=O)NCc1ccc(Cl)c(Cl)c1. The number of hydrogen-bond acceptors (Lipinski definition) is 2. The number of rotatable bonds is 4. The summed E-state index contributed by atoms with van der Waals surface area (Å²) in [5.41, 5.74) is -1.16. The number of nitrogens with zero attached hydrogens (tertiary/aromatic N) is 1. The molecular weight excluding hydrogens is 339 g/mol. The molecule has 2 amide bonds. The minimum absolute atomic E-state index is 0.233. The van der Waals surface area contributed by atoms with Crippen LogP contribution in [0, 0.1) is 0 Å². The van der Waals surface area contributed by atoms with Crippen LogP contribution >= 0.6 is 23.2 Å². The maximum Gasteiger partial charge on any atom is 0.408 e. The van der Waals surface area contributed by atoms with E-state index in [1.165, 1.54) is 0 Å². The lowest BCUT2D eigenvalue weighted by Gasteiger charge is -2.43. The molecule has 0 saturated carbocycles. The molecule has 0 heterocycles. The van der Waals surface area contributed by atoms with E-state index in [0.717, 1.165) is 10.5 Å². The molecule has 2 N–H and O–H groups in total. The second kappa shape index (κ2) is 6.97. The number of halogens is 2. The van der Waals surface area contributed by atoms with Gasteiger partial charge in [-0.1, -0.05) is 29.3 Å². The fourth-order valence-corrected chi connectivity index (χ4v) is 2.84. The predicted molar refractivity (Wildman–Crippen MR) is 92.0 cm³/mol. The molecule has 0 atom stereocenters. The molecule has 0 aliphatic heterocycles. The van der Waals surface area contributed by atoms with Gasteiger partial charge in [-0.05, 0) is 52.3 Å². The second-order valence-corrected chi connectivity index (χ2v) is 7.59. The fraction of sp³-hybridized carbons (Fsp3) is 0.500. The molecule has 0 saturated heterocycles. The van der Waals surface area contributed by atoms with E-state index in [0.29, 0.717) is 10.0 Å². The first-order chi connectivity index (χ1) is 10.4. The van der Waals surface area contributed by atoms with E-state index in [9.17, 15) is 14.7 Å². The third-order valence-electron chi connectivity index (χ3n) is 3.41. The molecule has 0 aliphatic carbocycles. The maximum atomic E-state index is 12.5. The minimum atomic E-state index is -1.22. The molecule has 128 valence electrons. The van der Waals surface area contributed by atoms with Crippen LogP contribution in [0.2, 0.25) is 10.0 Å². The molecule has 1 aromatic carbocycles. The standard InChI is InChI=1S/C16H22Cl2N2O3/c1-15(2,3)20(14(22)23)16(4,5)13(21)19-9-10-6-7-11(17)12(18)8-10/h6-8H,9H2,1-5H3,(H,19,21)(H,22,23). The minimum Gasteiger partial charge on any atom is -0.465 e. The van der Waals surface area contributed by atoms with Crippen LogP contribution in [0.5, 0.6) is 0 Å². The molecule has 0 radical (unpaired) electrons. The normalized spacial score (nSPS) is 12.0. The van der Waals surface area contributed by atoms with Gasteiger partial charge in [-0.25, -0.2) is 4.79 Å². The molecule has 0 unspecified atom stereocenters. The van der Waals surface area contributed by atoms with Gasteiger partial charge < -0.3 is 10.4 Å². The van der Waals surface area contributed by atoms with Gasteiger partial charge in [0.25, 0.3) is 0 Å². The predicted octanol–water partition coefficient (Wildman–Crippen LogP) is 4.17. The average molecular weight is 361 g/mol. The van der Waals surface area contributed by atoms with Crippen molar-refractivity contribution in [2.45, 2.75) is 52.2 Å². The van der Waals surface area contributed by atoms with Gasteiger partial charge in [-0.15, -0.1) is 0 Å². The van der Waals surface area contributed by atoms with E-state index in [4.69, 9.17) is 23.2 Å². The Morgan fingerprint density at radius 3 is 2.13 bits per heavy atom. The van der Waals surface area contributed by atoms with Crippen molar-refractivity contribution in [3.05, 3.63) is 33.8 Å². The van der Waals surface area contributed by atoms with E-state index < -0.39 is 17.2 Å². The van der Waals surface area contributed by atoms with Gasteiger partial charge in [0.2, 0.25) is 5.91 Å². The number of benzene rings is 1. The lowest BCUT2D eigenvalue weighted by molar-refractivity contribution is -0.133. The van der Waals surface area contributed by atoms with Crippen molar-refractivity contribution in [2.75, 3.05) is 0 Å². The van der Waals surface area contributed by atoms with Gasteiger partial charge in [-0.2, -0.15) is 0 Å². The fourth-order valence-electron chi connectivity index (χ4n) is 2.51. The van der Waals surface area contributed by atoms with Crippen molar-refractivity contribution in [1.29, 1.82) is 0 Å². The van der Waals surface area contributed by atoms with E-state index in [2.05, 4.69) is 5.32 Å². The molecule has 0 aliphatic rings. The van der Waals surface area contributed by atoms with Crippen LogP contribution in [-0.4, -0.2) is 33.1 Å². The number of carbonyl (C=O) groups is 2. The first-order valence-corrected chi connectivity index (χ1v) is 7.88. The molecule has 0 fully saturated rings. The summed E-state index contributed by atoms with van der Waals surface area (Å²) in [6, 6.07) is 5.06. The highest BCUT2D eigenvalue weighted by molar-refractivity contribution is 6.42. The largest absolute Gasteiger partial charge is 0.465 e. The monoisotopic (exact) mass is 360 g/mol. The smallest absolute Gasteiger partial charge is 0.408 e. The summed E-state index contributed by atoms with van der Waals surface area (Å²) in [6.45, 7) is 8.63. The first-order valence-electron chi connectivity index (χ1n) is 7.13. The van der Waals surface area contributed by atoms with Crippen LogP contribution in [-0.2, 0) is 11.3 Å². The third kappa shape index (κ3) is 4.75. The molecule has 0 aromatic heterocycles. The van der Waals surface area contributed by atoms with Gasteiger partial charge in [0, 0.05) is 12.1 Å². The Labute approximate surface area is 146 Å². The van der Waals surface area contributed by atoms with Crippen LogP contribution in [0.3, 0.4) is 0 Å². The van der Waals surface area contributed by atoms with E-state index in [-0.39, 0.29) is 12.5 Å². The Bertz CT molecular complexity index is 610. The molecule has 0 spiro atoms. The van der Waals surface area contributed by atoms with E-state index in [1.807, 2.05) is 0 Å². The molecule has 5 nitrogen and oxygen atoms in total. The number of hydrogen-bond donors (Lipinski definition) is 2. The van der Waals surface area contributed by atoms with Crippen molar-refractivity contribution in [1.82, 2.24) is 10.2 Å². The summed E-state index contributed by atoms with van der Waals surface area (Å²) < 4.78 is 0. The summed E-state index contributed by atoms with van der Waals surface area (Å²) >= 11 is 11.8. The lowest BCUT2D eigenvalue weighted by atomic mass is 9.94. The zero-order chi connectivity index (χ0) is 18.0. The van der Waals surface area contributed by atoms with E-state index in [1.54, 1.807) is 52.8 Å². The average Bonchev–Trinajstić information content (AvgIpc) is 2.36. The van der Waals surface area contributed by atoms with Crippen molar-refractivity contribution in [2.24, 2.45) is 0 Å². The summed E-state index contributed by atoms with van der Waals surface area (Å²) in [4.78, 5) is 25.2. The van der Waals surface area contributed by atoms with Crippen LogP contribution in [0.1, 0.15) is 40.2 Å². The van der Waals surface area contributed by atoms with Gasteiger partial charge in [0.05, 0.1) is 10.0 Å². The Morgan fingerprint density at radius 2 is 1.70 bits per heavy atom. The van der Waals surface area contributed by atoms with Crippen molar-refractivity contribution < 1.29 is 14.7 Å². The second-order valence-electron chi connectivity index (χ2n) is 6.78. The summed E-state index contributed by atoms with van der Waals surface area (Å²) in [5, 5.41) is 13.0. The summed E-state index contributed by atoms with van der Waals surface area (Å²) in [6.07, 6.45) is -1.15. The molecule has 1 aromatic rings. The quantitative estimate of drug-likeness (QED) is 0.846. The van der Waals surface area contributed by atoms with Crippen molar-refractivity contribution in [3.8, 4) is 0 Å². The third-order valence-corrected chi connectivity index (χ3v) is 4.15. The van der Waals surface area contributed by atoms with Crippen LogP contribution in [0.15, 0.2) is 18.2 Å². The Hall–Kier alpha value is -1.46. The van der Waals surface area contributed by atoms with Crippen molar-refractivity contribution in [3.63, 3.8) is 0 Å². The zero-order valence-electron chi connectivity index (χ0n) is 13.9. The Kier molecular flexibility index (Phi) is 5.94. The van der Waals surface area contributed by atoms with Crippen LogP contribution in [0.4, 0.5) is 4.79 Å². The van der Waals surface area contributed by atoms with Gasteiger partial charge in [0.1, 0.15) is 5.54 Å². The molecule has 0 bridgehead atoms. The summed E-state index contributed by atoms with van der Waals surface area (Å²) in [7, 11) is 0. The molecule has 23 heavy (non-hydrogen) atoms. The van der Waals surface area contributed by atoms with E-state index >= 15 is 0 Å². The number of amides is 2. The molecule has 7 heteroatoms. The lowest BCUT2D eigenvalue weighted by Crippen LogP contribution is -2.62. The number of nitrogens with one attached hydrogen (secondary N) is 1. The highest BCUT2D eigenvalue weighted by atomic mass is 35.5. The highest BCUT2D eigenvalue weighted by Crippen LogP contribution is 2.26. The topological polar surface area (TPSA) is 69.6 Å². The molecule has 1 rings (SSSR count). The number of carboxylic acid groups (broad SMARTS) is 1. The van der Waals surface area contributed by atoms with Crippen LogP contribution < -0.4 is 5.32 Å². The first kappa shape index (κ1) is 19.6.